The van der Waals surface area contributed by atoms with Crippen molar-refractivity contribution in [2.45, 2.75) is 6.61 Å². The zero-order valence-corrected chi connectivity index (χ0v) is 9.96. The normalized spacial score (nSPS) is 10.4. The van der Waals surface area contributed by atoms with Crippen molar-refractivity contribution in [3.8, 4) is 11.1 Å². The molecule has 2 rings (SSSR count). The van der Waals surface area contributed by atoms with Crippen LogP contribution in [-0.2, 0) is 6.61 Å². The van der Waals surface area contributed by atoms with E-state index < -0.39 is 0 Å². The molecule has 0 aliphatic rings. The summed E-state index contributed by atoms with van der Waals surface area (Å²) in [7, 11) is 0. The van der Waals surface area contributed by atoms with E-state index in [-0.39, 0.29) is 6.61 Å². The molecule has 0 spiro atoms. The Morgan fingerprint density at radius 3 is 2.38 bits per heavy atom. The molecule has 0 aromatic heterocycles. The second-order valence-electron chi connectivity index (χ2n) is 3.44. The maximum atomic E-state index is 9.24. The van der Waals surface area contributed by atoms with Crippen LogP contribution in [0.2, 0.25) is 10.0 Å². The Kier molecular flexibility index (Phi) is 3.49. The van der Waals surface area contributed by atoms with E-state index in [0.29, 0.717) is 10.0 Å². The van der Waals surface area contributed by atoms with Crippen LogP contribution in [0.4, 0.5) is 0 Å². The van der Waals surface area contributed by atoms with Gasteiger partial charge in [-0.3, -0.25) is 0 Å². The third-order valence-corrected chi connectivity index (χ3v) is 3.16. The van der Waals surface area contributed by atoms with Gasteiger partial charge >= 0.3 is 0 Å². The van der Waals surface area contributed by atoms with E-state index in [1.54, 1.807) is 12.1 Å². The molecule has 0 fully saturated rings. The summed E-state index contributed by atoms with van der Waals surface area (Å²) < 4.78 is 0. The molecule has 2 aromatic rings. The molecule has 0 amide bonds. The summed E-state index contributed by atoms with van der Waals surface area (Å²) >= 11 is 11.8. The highest BCUT2D eigenvalue weighted by molar-refractivity contribution is 6.42. The molecule has 3 heteroatoms. The summed E-state index contributed by atoms with van der Waals surface area (Å²) in [6, 6.07) is 13.1. The van der Waals surface area contributed by atoms with Gasteiger partial charge in [-0.2, -0.15) is 0 Å². The second kappa shape index (κ2) is 4.88. The van der Waals surface area contributed by atoms with Crippen LogP contribution in [0.5, 0.6) is 0 Å². The first-order valence-electron chi connectivity index (χ1n) is 4.86. The molecule has 0 aliphatic carbocycles. The van der Waals surface area contributed by atoms with Crippen molar-refractivity contribution in [1.82, 2.24) is 0 Å². The summed E-state index contributed by atoms with van der Waals surface area (Å²) in [6.45, 7) is 0.0103. The molecular weight excluding hydrogens is 243 g/mol. The van der Waals surface area contributed by atoms with Gasteiger partial charge in [0.15, 0.2) is 0 Å². The molecule has 0 bridgehead atoms. The topological polar surface area (TPSA) is 20.2 Å². The molecule has 1 N–H and O–H groups in total. The van der Waals surface area contributed by atoms with E-state index in [2.05, 4.69) is 0 Å². The summed E-state index contributed by atoms with van der Waals surface area (Å²) in [5, 5.41) is 10.3. The first-order valence-corrected chi connectivity index (χ1v) is 5.62. The molecule has 0 radical (unpaired) electrons. The average molecular weight is 253 g/mol. The van der Waals surface area contributed by atoms with Crippen LogP contribution >= 0.6 is 23.2 Å². The summed E-state index contributed by atoms with van der Waals surface area (Å²) in [5.41, 5.74) is 2.81. The van der Waals surface area contributed by atoms with Crippen LogP contribution < -0.4 is 0 Å². The Hall–Kier alpha value is -1.02. The summed E-state index contributed by atoms with van der Waals surface area (Å²) in [4.78, 5) is 0. The number of hydrogen-bond acceptors (Lipinski definition) is 1. The Morgan fingerprint density at radius 2 is 1.69 bits per heavy atom. The van der Waals surface area contributed by atoms with Gasteiger partial charge in [0.25, 0.3) is 0 Å². The van der Waals surface area contributed by atoms with Crippen molar-refractivity contribution in [3.63, 3.8) is 0 Å². The Labute approximate surface area is 104 Å². The van der Waals surface area contributed by atoms with Crippen molar-refractivity contribution in [1.29, 1.82) is 0 Å². The number of aliphatic hydroxyl groups excluding tert-OH is 1. The lowest BCUT2D eigenvalue weighted by atomic mass is 10.0. The minimum atomic E-state index is 0.0103. The summed E-state index contributed by atoms with van der Waals surface area (Å²) in [6.07, 6.45) is 0. The minimum absolute atomic E-state index is 0.0103. The smallest absolute Gasteiger partial charge is 0.0687 e. The SMILES string of the molecule is OCc1ccccc1-c1ccc(Cl)c(Cl)c1. The molecule has 0 unspecified atom stereocenters. The Bertz CT molecular complexity index is 509. The van der Waals surface area contributed by atoms with Gasteiger partial charge in [0, 0.05) is 0 Å². The van der Waals surface area contributed by atoms with Crippen LogP contribution in [0, 0.1) is 0 Å². The quantitative estimate of drug-likeness (QED) is 0.852. The molecule has 82 valence electrons. The molecule has 0 saturated carbocycles. The fourth-order valence-corrected chi connectivity index (χ4v) is 1.90. The van der Waals surface area contributed by atoms with Gasteiger partial charge in [0.2, 0.25) is 0 Å². The largest absolute Gasteiger partial charge is 0.392 e. The van der Waals surface area contributed by atoms with Crippen LogP contribution in [0.25, 0.3) is 11.1 Å². The van der Waals surface area contributed by atoms with Gasteiger partial charge in [-0.25, -0.2) is 0 Å². The maximum Gasteiger partial charge on any atom is 0.0687 e. The summed E-state index contributed by atoms with van der Waals surface area (Å²) in [5.74, 6) is 0. The van der Waals surface area contributed by atoms with Crippen molar-refractivity contribution in [2.24, 2.45) is 0 Å². The Morgan fingerprint density at radius 1 is 0.938 bits per heavy atom. The lowest BCUT2D eigenvalue weighted by Gasteiger charge is -2.08. The van der Waals surface area contributed by atoms with E-state index in [4.69, 9.17) is 23.2 Å². The fraction of sp³-hybridized carbons (Fsp3) is 0.0769. The van der Waals surface area contributed by atoms with E-state index in [9.17, 15) is 5.11 Å². The lowest BCUT2D eigenvalue weighted by Crippen LogP contribution is -1.88. The molecule has 16 heavy (non-hydrogen) atoms. The number of benzene rings is 2. The monoisotopic (exact) mass is 252 g/mol. The zero-order chi connectivity index (χ0) is 11.5. The highest BCUT2D eigenvalue weighted by Gasteiger charge is 2.05. The average Bonchev–Trinajstić information content (AvgIpc) is 2.32. The van der Waals surface area contributed by atoms with E-state index in [0.717, 1.165) is 16.7 Å². The van der Waals surface area contributed by atoms with Gasteiger partial charge in [0.1, 0.15) is 0 Å². The van der Waals surface area contributed by atoms with Crippen LogP contribution in [-0.4, -0.2) is 5.11 Å². The second-order valence-corrected chi connectivity index (χ2v) is 4.26. The van der Waals surface area contributed by atoms with Crippen molar-refractivity contribution in [2.75, 3.05) is 0 Å². The van der Waals surface area contributed by atoms with Gasteiger partial charge in [-0.15, -0.1) is 0 Å². The molecule has 0 aliphatic heterocycles. The van der Waals surface area contributed by atoms with Gasteiger partial charge in [-0.05, 0) is 28.8 Å². The van der Waals surface area contributed by atoms with Crippen molar-refractivity contribution >= 4 is 23.2 Å². The molecule has 2 aromatic carbocycles. The van der Waals surface area contributed by atoms with Gasteiger partial charge < -0.3 is 5.11 Å². The van der Waals surface area contributed by atoms with Gasteiger partial charge in [-0.1, -0.05) is 53.5 Å². The maximum absolute atomic E-state index is 9.24. The zero-order valence-electron chi connectivity index (χ0n) is 8.45. The Balaban J connectivity index is 2.54. The highest BCUT2D eigenvalue weighted by Crippen LogP contribution is 2.30. The minimum Gasteiger partial charge on any atom is -0.392 e. The van der Waals surface area contributed by atoms with E-state index >= 15 is 0 Å². The van der Waals surface area contributed by atoms with E-state index in [1.807, 2.05) is 30.3 Å². The van der Waals surface area contributed by atoms with Gasteiger partial charge in [0.05, 0.1) is 16.7 Å². The number of rotatable bonds is 2. The molecule has 0 atom stereocenters. The lowest BCUT2D eigenvalue weighted by molar-refractivity contribution is 0.282. The van der Waals surface area contributed by atoms with Crippen LogP contribution in [0.3, 0.4) is 0 Å². The van der Waals surface area contributed by atoms with E-state index in [1.165, 1.54) is 0 Å². The van der Waals surface area contributed by atoms with Crippen LogP contribution in [0.15, 0.2) is 42.5 Å². The molecule has 0 saturated heterocycles. The molecule has 0 heterocycles. The van der Waals surface area contributed by atoms with Crippen molar-refractivity contribution < 1.29 is 5.11 Å². The highest BCUT2D eigenvalue weighted by atomic mass is 35.5. The third kappa shape index (κ3) is 2.22. The number of hydrogen-bond donors (Lipinski definition) is 1. The standard InChI is InChI=1S/C13H10Cl2O/c14-12-6-5-9(7-13(12)15)11-4-2-1-3-10(11)8-16/h1-7,16H,8H2. The predicted octanol–water partition coefficient (Wildman–Crippen LogP) is 4.15. The third-order valence-electron chi connectivity index (χ3n) is 2.42. The molecule has 1 nitrogen and oxygen atoms in total. The predicted molar refractivity (Wildman–Crippen MR) is 67.8 cm³/mol. The first-order chi connectivity index (χ1) is 7.72. The number of halogens is 2. The van der Waals surface area contributed by atoms with Crippen LogP contribution in [0.1, 0.15) is 5.56 Å². The fourth-order valence-electron chi connectivity index (χ4n) is 1.60. The number of aliphatic hydroxyl groups is 1. The first kappa shape index (κ1) is 11.5. The van der Waals surface area contributed by atoms with Crippen molar-refractivity contribution in [3.05, 3.63) is 58.1 Å². The molecular formula is C13H10Cl2O.